The zero-order valence-electron chi connectivity index (χ0n) is 25.1. The molecule has 218 valence electrons. The van der Waals surface area contributed by atoms with Crippen LogP contribution in [0.25, 0.3) is 76.5 Å². The summed E-state index contributed by atoms with van der Waals surface area (Å²) in [6, 6.07) is 33.9. The van der Waals surface area contributed by atoms with Crippen LogP contribution in [-0.2, 0) is 0 Å². The van der Waals surface area contributed by atoms with Gasteiger partial charge in [-0.2, -0.15) is 0 Å². The van der Waals surface area contributed by atoms with E-state index in [9.17, 15) is 0 Å². The largest absolute Gasteiger partial charge is 0.493 e. The molecule has 2 aromatic heterocycles. The van der Waals surface area contributed by atoms with Gasteiger partial charge in [-0.05, 0) is 60.4 Å². The predicted octanol–water partition coefficient (Wildman–Crippen LogP) is 11.8. The summed E-state index contributed by atoms with van der Waals surface area (Å²) in [5, 5.41) is 8.62. The zero-order chi connectivity index (χ0) is 29.6. The summed E-state index contributed by atoms with van der Waals surface area (Å²) in [5.41, 5.74) is 5.78. The van der Waals surface area contributed by atoms with Crippen molar-refractivity contribution in [3.05, 3.63) is 97.1 Å². The first-order chi connectivity index (χ1) is 21.7. The molecule has 0 aliphatic rings. The first kappa shape index (κ1) is 26.7. The maximum atomic E-state index is 6.46. The van der Waals surface area contributed by atoms with Crippen molar-refractivity contribution >= 4 is 65.4 Å². The number of hydrogen-bond acceptors (Lipinski definition) is 4. The van der Waals surface area contributed by atoms with Crippen LogP contribution >= 0.6 is 0 Å². The summed E-state index contributed by atoms with van der Waals surface area (Å²) in [4.78, 5) is 0. The lowest BCUT2D eigenvalue weighted by Crippen LogP contribution is -1.97. The number of benzene rings is 6. The summed E-state index contributed by atoms with van der Waals surface area (Å²) in [7, 11) is 0. The molecule has 0 unspecified atom stereocenters. The standard InChI is InChI=1S/C40H34O4/c1-3-5-19-41-37-23-33-31-21-25(15-17-35(31)43-39(33)29-13-9-7-11-27(29)37)26-16-18-36-32(22-26)34-24-38(42-20-6-4-2)28-12-8-10-14-30(28)40(34)44-36/h7-18,21-24H,3-6,19-20H2,1-2H3. The lowest BCUT2D eigenvalue weighted by atomic mass is 9.99. The van der Waals surface area contributed by atoms with E-state index in [1.807, 2.05) is 0 Å². The second kappa shape index (κ2) is 10.9. The average Bonchev–Trinajstić information content (AvgIpc) is 3.63. The number of rotatable bonds is 9. The number of furan rings is 2. The minimum atomic E-state index is 0.701. The Labute approximate surface area is 255 Å². The molecule has 4 heteroatoms. The molecule has 0 fully saturated rings. The predicted molar refractivity (Wildman–Crippen MR) is 182 cm³/mol. The maximum Gasteiger partial charge on any atom is 0.143 e. The van der Waals surface area contributed by atoms with Gasteiger partial charge in [0, 0.05) is 43.1 Å². The molecule has 2 heterocycles. The van der Waals surface area contributed by atoms with Crippen LogP contribution in [0.1, 0.15) is 39.5 Å². The van der Waals surface area contributed by atoms with Crippen molar-refractivity contribution < 1.29 is 18.3 Å². The van der Waals surface area contributed by atoms with Crippen LogP contribution in [0, 0.1) is 0 Å². The van der Waals surface area contributed by atoms with Crippen molar-refractivity contribution in [1.82, 2.24) is 0 Å². The Bertz CT molecular complexity index is 2160. The van der Waals surface area contributed by atoms with E-state index in [-0.39, 0.29) is 0 Å². The Morgan fingerprint density at radius 2 is 0.886 bits per heavy atom. The van der Waals surface area contributed by atoms with Crippen LogP contribution in [0.5, 0.6) is 11.5 Å². The average molecular weight is 579 g/mol. The molecular formula is C40H34O4. The fourth-order valence-corrected chi connectivity index (χ4v) is 6.38. The molecule has 0 aliphatic carbocycles. The SMILES string of the molecule is CCCCOc1cc2c3cc(-c4ccc5oc6c7ccccc7c(OCCCC)cc6c5c4)ccc3oc2c2ccccc12. The van der Waals surface area contributed by atoms with Gasteiger partial charge in [-0.3, -0.25) is 0 Å². The van der Waals surface area contributed by atoms with Crippen molar-refractivity contribution in [3.63, 3.8) is 0 Å². The summed E-state index contributed by atoms with van der Waals surface area (Å²) >= 11 is 0. The van der Waals surface area contributed by atoms with Crippen molar-refractivity contribution in [2.45, 2.75) is 39.5 Å². The number of unbranched alkanes of at least 4 members (excludes halogenated alkanes) is 2. The summed E-state index contributed by atoms with van der Waals surface area (Å²) in [6.07, 6.45) is 4.24. The molecule has 4 nitrogen and oxygen atoms in total. The molecule has 0 bridgehead atoms. The van der Waals surface area contributed by atoms with Gasteiger partial charge < -0.3 is 18.3 Å². The molecule has 0 spiro atoms. The van der Waals surface area contributed by atoms with E-state index in [2.05, 4.69) is 111 Å². The van der Waals surface area contributed by atoms with E-state index in [1.165, 1.54) is 0 Å². The van der Waals surface area contributed by atoms with E-state index in [4.69, 9.17) is 18.3 Å². The molecule has 0 aliphatic heterocycles. The van der Waals surface area contributed by atoms with Gasteiger partial charge in [0.1, 0.15) is 33.8 Å². The lowest BCUT2D eigenvalue weighted by Gasteiger charge is -2.10. The van der Waals surface area contributed by atoms with Gasteiger partial charge in [0.15, 0.2) is 0 Å². The van der Waals surface area contributed by atoms with Crippen LogP contribution in [0.4, 0.5) is 0 Å². The van der Waals surface area contributed by atoms with Crippen LogP contribution < -0.4 is 9.47 Å². The highest BCUT2D eigenvalue weighted by Crippen LogP contribution is 2.43. The smallest absolute Gasteiger partial charge is 0.143 e. The monoisotopic (exact) mass is 578 g/mol. The third-order valence-electron chi connectivity index (χ3n) is 8.72. The minimum Gasteiger partial charge on any atom is -0.493 e. The van der Waals surface area contributed by atoms with Gasteiger partial charge in [0.05, 0.1) is 13.2 Å². The molecule has 0 saturated carbocycles. The molecule has 0 amide bonds. The Balaban J connectivity index is 1.28. The van der Waals surface area contributed by atoms with Crippen molar-refractivity contribution in [2.24, 2.45) is 0 Å². The Morgan fingerprint density at radius 3 is 1.32 bits per heavy atom. The van der Waals surface area contributed by atoms with Crippen molar-refractivity contribution in [2.75, 3.05) is 13.2 Å². The number of ether oxygens (including phenoxy) is 2. The van der Waals surface area contributed by atoms with E-state index >= 15 is 0 Å². The van der Waals surface area contributed by atoms with Gasteiger partial charge in [-0.25, -0.2) is 0 Å². The fraction of sp³-hybridized carbons (Fsp3) is 0.200. The van der Waals surface area contributed by atoms with Gasteiger partial charge in [0.2, 0.25) is 0 Å². The Morgan fingerprint density at radius 1 is 0.455 bits per heavy atom. The third-order valence-corrected chi connectivity index (χ3v) is 8.72. The van der Waals surface area contributed by atoms with E-state index in [1.54, 1.807) is 0 Å². The van der Waals surface area contributed by atoms with Crippen LogP contribution in [0.3, 0.4) is 0 Å². The molecular weight excluding hydrogens is 544 g/mol. The fourth-order valence-electron chi connectivity index (χ4n) is 6.38. The second-order valence-corrected chi connectivity index (χ2v) is 11.6. The summed E-state index contributed by atoms with van der Waals surface area (Å²) < 4.78 is 25.5. The quantitative estimate of drug-likeness (QED) is 0.160. The highest BCUT2D eigenvalue weighted by Gasteiger charge is 2.18. The normalized spacial score (nSPS) is 12.0. The number of fused-ring (bicyclic) bond motifs is 10. The van der Waals surface area contributed by atoms with E-state index < -0.39 is 0 Å². The zero-order valence-corrected chi connectivity index (χ0v) is 25.1. The van der Waals surface area contributed by atoms with Crippen LogP contribution in [0.15, 0.2) is 106 Å². The van der Waals surface area contributed by atoms with E-state index in [0.717, 1.165) is 114 Å². The first-order valence-corrected chi connectivity index (χ1v) is 15.8. The van der Waals surface area contributed by atoms with Crippen LogP contribution in [0.2, 0.25) is 0 Å². The molecule has 0 N–H and O–H groups in total. The molecule has 0 saturated heterocycles. The van der Waals surface area contributed by atoms with Crippen molar-refractivity contribution in [1.29, 1.82) is 0 Å². The highest BCUT2D eigenvalue weighted by molar-refractivity contribution is 6.19. The second-order valence-electron chi connectivity index (χ2n) is 11.6. The van der Waals surface area contributed by atoms with Crippen LogP contribution in [-0.4, -0.2) is 13.2 Å². The summed E-state index contributed by atoms with van der Waals surface area (Å²) in [5.74, 6) is 1.82. The number of hydrogen-bond donors (Lipinski definition) is 0. The van der Waals surface area contributed by atoms with Gasteiger partial charge >= 0.3 is 0 Å². The highest BCUT2D eigenvalue weighted by atomic mass is 16.5. The van der Waals surface area contributed by atoms with Gasteiger partial charge in [-0.15, -0.1) is 0 Å². The first-order valence-electron chi connectivity index (χ1n) is 15.8. The van der Waals surface area contributed by atoms with E-state index in [0.29, 0.717) is 13.2 Å². The molecule has 0 atom stereocenters. The molecule has 6 aromatic carbocycles. The van der Waals surface area contributed by atoms with Gasteiger partial charge in [-0.1, -0.05) is 87.4 Å². The summed E-state index contributed by atoms with van der Waals surface area (Å²) in [6.45, 7) is 5.77. The minimum absolute atomic E-state index is 0.701. The third kappa shape index (κ3) is 4.36. The maximum absolute atomic E-state index is 6.46. The molecule has 8 rings (SSSR count). The topological polar surface area (TPSA) is 44.7 Å². The van der Waals surface area contributed by atoms with Crippen molar-refractivity contribution in [3.8, 4) is 22.6 Å². The molecule has 8 aromatic rings. The Hall–Kier alpha value is -4.96. The van der Waals surface area contributed by atoms with Gasteiger partial charge in [0.25, 0.3) is 0 Å². The molecule has 0 radical (unpaired) electrons. The molecule has 44 heavy (non-hydrogen) atoms. The Kier molecular flexibility index (Phi) is 6.63. The lowest BCUT2D eigenvalue weighted by molar-refractivity contribution is 0.313.